The van der Waals surface area contributed by atoms with E-state index in [1.54, 1.807) is 24.3 Å². The Morgan fingerprint density at radius 2 is 1.90 bits per heavy atom. The number of carbonyl (C=O) groups is 3. The van der Waals surface area contributed by atoms with Gasteiger partial charge >= 0.3 is 0 Å². The predicted octanol–water partition coefficient (Wildman–Crippen LogP) is 2.57. The summed E-state index contributed by atoms with van der Waals surface area (Å²) in [4.78, 5) is 38.8. The summed E-state index contributed by atoms with van der Waals surface area (Å²) in [6.07, 6.45) is -0.0602. The van der Waals surface area contributed by atoms with Crippen LogP contribution in [0, 0.1) is 17.6 Å². The van der Waals surface area contributed by atoms with Crippen molar-refractivity contribution in [1.82, 2.24) is 10.6 Å². The van der Waals surface area contributed by atoms with Gasteiger partial charge in [-0.3, -0.25) is 14.4 Å². The van der Waals surface area contributed by atoms with Crippen molar-refractivity contribution in [2.24, 2.45) is 5.92 Å². The number of anilines is 1. The molecule has 2 aromatic rings. The summed E-state index contributed by atoms with van der Waals surface area (Å²) in [5.41, 5.74) is 0.585. The lowest BCUT2D eigenvalue weighted by atomic mass is 10.0. The zero-order valence-electron chi connectivity index (χ0n) is 15.4. The van der Waals surface area contributed by atoms with Crippen LogP contribution in [0.5, 0.6) is 0 Å². The fourth-order valence-corrected chi connectivity index (χ4v) is 3.42. The molecule has 2 aromatic carbocycles. The summed E-state index contributed by atoms with van der Waals surface area (Å²) < 4.78 is 26.8. The summed E-state index contributed by atoms with van der Waals surface area (Å²) in [5, 5.41) is 5.29. The molecule has 2 unspecified atom stereocenters. The zero-order valence-corrected chi connectivity index (χ0v) is 16.2. The van der Waals surface area contributed by atoms with Crippen LogP contribution in [0.25, 0.3) is 0 Å². The molecule has 2 atom stereocenters. The molecule has 0 radical (unpaired) electrons. The molecule has 9 heteroatoms. The van der Waals surface area contributed by atoms with E-state index in [2.05, 4.69) is 10.6 Å². The van der Waals surface area contributed by atoms with Crippen LogP contribution < -0.4 is 15.5 Å². The second-order valence-corrected chi connectivity index (χ2v) is 6.99. The van der Waals surface area contributed by atoms with Crippen LogP contribution in [0.2, 0.25) is 5.02 Å². The molecule has 0 spiro atoms. The van der Waals surface area contributed by atoms with Crippen LogP contribution >= 0.6 is 11.6 Å². The number of rotatable bonds is 5. The molecular formula is C20H18ClF2N3O3. The SMILES string of the molecule is CNC(=O)C(NC(=O)C1CC(=O)N(c2ccccc2Cl)C1)c1ccc(F)c(F)c1. The predicted molar refractivity (Wildman–Crippen MR) is 103 cm³/mol. The van der Waals surface area contributed by atoms with Crippen LogP contribution in [0.3, 0.4) is 0 Å². The van der Waals surface area contributed by atoms with Crippen molar-refractivity contribution in [1.29, 1.82) is 0 Å². The highest BCUT2D eigenvalue weighted by Crippen LogP contribution is 2.31. The monoisotopic (exact) mass is 421 g/mol. The second kappa shape index (κ2) is 8.57. The Bertz CT molecular complexity index is 970. The molecule has 3 amide bonds. The Morgan fingerprint density at radius 3 is 2.55 bits per heavy atom. The normalized spacial score (nSPS) is 17.2. The van der Waals surface area contributed by atoms with Gasteiger partial charge in [-0.25, -0.2) is 8.78 Å². The van der Waals surface area contributed by atoms with Crippen LogP contribution in [0.4, 0.5) is 14.5 Å². The van der Waals surface area contributed by atoms with Gasteiger partial charge in [0.15, 0.2) is 11.6 Å². The zero-order chi connectivity index (χ0) is 21.1. The van der Waals surface area contributed by atoms with Crippen LogP contribution in [-0.4, -0.2) is 31.3 Å². The number of likely N-dealkylation sites (N-methyl/N-ethyl adjacent to an activating group) is 1. The smallest absolute Gasteiger partial charge is 0.246 e. The molecule has 1 aliphatic rings. The second-order valence-electron chi connectivity index (χ2n) is 6.59. The first-order valence-corrected chi connectivity index (χ1v) is 9.21. The molecule has 1 aliphatic heterocycles. The number of amides is 3. The molecule has 0 saturated carbocycles. The molecule has 1 saturated heterocycles. The lowest BCUT2D eigenvalue weighted by Crippen LogP contribution is -2.42. The Morgan fingerprint density at radius 1 is 1.17 bits per heavy atom. The van der Waals surface area contributed by atoms with Crippen LogP contribution in [0.1, 0.15) is 18.0 Å². The topological polar surface area (TPSA) is 78.5 Å². The molecule has 2 N–H and O–H groups in total. The van der Waals surface area contributed by atoms with E-state index in [9.17, 15) is 23.2 Å². The van der Waals surface area contributed by atoms with Gasteiger partial charge < -0.3 is 15.5 Å². The average molecular weight is 422 g/mol. The van der Waals surface area contributed by atoms with E-state index in [1.165, 1.54) is 18.0 Å². The third kappa shape index (κ3) is 4.37. The van der Waals surface area contributed by atoms with Gasteiger partial charge in [0.2, 0.25) is 17.7 Å². The molecule has 6 nitrogen and oxygen atoms in total. The number of carbonyl (C=O) groups excluding carboxylic acids is 3. The number of hydrogen-bond acceptors (Lipinski definition) is 3. The summed E-state index contributed by atoms with van der Waals surface area (Å²) in [5.74, 6) is -4.35. The van der Waals surface area contributed by atoms with Crippen LogP contribution in [0.15, 0.2) is 42.5 Å². The van der Waals surface area contributed by atoms with Crippen molar-refractivity contribution in [3.05, 3.63) is 64.7 Å². The number of halogens is 3. The molecule has 0 aliphatic carbocycles. The van der Waals surface area contributed by atoms with Crippen molar-refractivity contribution < 1.29 is 23.2 Å². The highest BCUT2D eigenvalue weighted by molar-refractivity contribution is 6.33. The Kier molecular flexibility index (Phi) is 6.12. The van der Waals surface area contributed by atoms with Gasteiger partial charge in [0.1, 0.15) is 6.04 Å². The average Bonchev–Trinajstić information content (AvgIpc) is 3.09. The van der Waals surface area contributed by atoms with E-state index in [-0.39, 0.29) is 24.4 Å². The van der Waals surface area contributed by atoms with Gasteiger partial charge in [-0.2, -0.15) is 0 Å². The van der Waals surface area contributed by atoms with Gasteiger partial charge in [0.25, 0.3) is 0 Å². The number of hydrogen-bond donors (Lipinski definition) is 2. The number of nitrogens with one attached hydrogen (secondary N) is 2. The molecular weight excluding hydrogens is 404 g/mol. The van der Waals surface area contributed by atoms with Gasteiger partial charge in [-0.05, 0) is 29.8 Å². The third-order valence-corrected chi connectivity index (χ3v) is 5.03. The number of para-hydroxylation sites is 1. The highest BCUT2D eigenvalue weighted by atomic mass is 35.5. The largest absolute Gasteiger partial charge is 0.357 e. The lowest BCUT2D eigenvalue weighted by Gasteiger charge is -2.21. The first-order valence-electron chi connectivity index (χ1n) is 8.83. The molecule has 3 rings (SSSR count). The molecule has 1 heterocycles. The van der Waals surface area contributed by atoms with Crippen LogP contribution in [-0.2, 0) is 14.4 Å². The van der Waals surface area contributed by atoms with Gasteiger partial charge in [0.05, 0.1) is 16.6 Å². The van der Waals surface area contributed by atoms with E-state index in [0.29, 0.717) is 10.7 Å². The minimum Gasteiger partial charge on any atom is -0.357 e. The molecule has 29 heavy (non-hydrogen) atoms. The highest BCUT2D eigenvalue weighted by Gasteiger charge is 2.37. The van der Waals surface area contributed by atoms with E-state index in [0.717, 1.165) is 12.1 Å². The van der Waals surface area contributed by atoms with Crippen molar-refractivity contribution in [3.63, 3.8) is 0 Å². The molecule has 0 bridgehead atoms. The number of nitrogens with zero attached hydrogens (tertiary/aromatic N) is 1. The summed E-state index contributed by atoms with van der Waals surface area (Å²) >= 11 is 6.14. The quantitative estimate of drug-likeness (QED) is 0.779. The van der Waals surface area contributed by atoms with Gasteiger partial charge in [-0.15, -0.1) is 0 Å². The maximum atomic E-state index is 13.6. The van der Waals surface area contributed by atoms with E-state index >= 15 is 0 Å². The van der Waals surface area contributed by atoms with Crippen molar-refractivity contribution in [2.45, 2.75) is 12.5 Å². The summed E-state index contributed by atoms with van der Waals surface area (Å²) in [6.45, 7) is 0.0899. The third-order valence-electron chi connectivity index (χ3n) is 4.71. The first-order chi connectivity index (χ1) is 13.8. The number of benzene rings is 2. The Balaban J connectivity index is 1.78. The van der Waals surface area contributed by atoms with Crippen molar-refractivity contribution in [3.8, 4) is 0 Å². The van der Waals surface area contributed by atoms with Gasteiger partial charge in [-0.1, -0.05) is 29.8 Å². The maximum Gasteiger partial charge on any atom is 0.246 e. The standard InChI is InChI=1S/C20H18ClF2N3O3/c1-24-20(29)18(11-6-7-14(22)15(23)8-11)25-19(28)12-9-17(27)26(10-12)16-5-3-2-4-13(16)21/h2-8,12,18H,9-10H2,1H3,(H,24,29)(H,25,28). The summed E-state index contributed by atoms with van der Waals surface area (Å²) in [6, 6.07) is 8.49. The Labute approximate surface area is 170 Å². The summed E-state index contributed by atoms with van der Waals surface area (Å²) in [7, 11) is 1.36. The lowest BCUT2D eigenvalue weighted by molar-refractivity contribution is -0.131. The van der Waals surface area contributed by atoms with Crippen molar-refractivity contribution >= 4 is 35.0 Å². The van der Waals surface area contributed by atoms with Crippen molar-refractivity contribution in [2.75, 3.05) is 18.5 Å². The fourth-order valence-electron chi connectivity index (χ4n) is 3.18. The Hall–Kier alpha value is -3.00. The minimum atomic E-state index is -1.23. The molecule has 1 fully saturated rings. The minimum absolute atomic E-state index is 0.0602. The molecule has 152 valence electrons. The molecule has 0 aromatic heterocycles. The maximum absolute atomic E-state index is 13.6. The van der Waals surface area contributed by atoms with E-state index in [1.807, 2.05) is 0 Å². The first kappa shape index (κ1) is 20.7. The van der Waals surface area contributed by atoms with E-state index < -0.39 is 35.4 Å². The van der Waals surface area contributed by atoms with E-state index in [4.69, 9.17) is 11.6 Å². The fraction of sp³-hybridized carbons (Fsp3) is 0.250. The van der Waals surface area contributed by atoms with Gasteiger partial charge in [0, 0.05) is 20.0 Å².